The lowest BCUT2D eigenvalue weighted by Crippen LogP contribution is -2.53. The Kier molecular flexibility index (Phi) is 9.33. The molecule has 0 aliphatic carbocycles. The van der Waals surface area contributed by atoms with Gasteiger partial charge in [0.1, 0.15) is 29.2 Å². The van der Waals surface area contributed by atoms with Crippen LogP contribution >= 0.6 is 0 Å². The van der Waals surface area contributed by atoms with Crippen LogP contribution in [0.2, 0.25) is 0 Å². The summed E-state index contributed by atoms with van der Waals surface area (Å²) in [4.78, 5) is 40.8. The van der Waals surface area contributed by atoms with Crippen molar-refractivity contribution in [2.45, 2.75) is 71.7 Å². The Bertz CT molecular complexity index is 1080. The lowest BCUT2D eigenvalue weighted by atomic mass is 9.99. The number of hydrogen-bond acceptors (Lipinski definition) is 6. The largest absolute Gasteiger partial charge is 0.508 e. The van der Waals surface area contributed by atoms with E-state index in [1.807, 2.05) is 13.8 Å². The van der Waals surface area contributed by atoms with E-state index in [0.717, 1.165) is 0 Å². The third-order valence-corrected chi connectivity index (χ3v) is 5.32. The number of nitrogens with one attached hydrogen (secondary N) is 2. The molecule has 9 nitrogen and oxygen atoms in total. The Morgan fingerprint density at radius 2 is 1.61 bits per heavy atom. The Hall–Kier alpha value is -3.75. The predicted octanol–water partition coefficient (Wildman–Crippen LogP) is 3.57. The maximum absolute atomic E-state index is 13.7. The van der Waals surface area contributed by atoms with Gasteiger partial charge in [0.2, 0.25) is 11.8 Å². The van der Waals surface area contributed by atoms with Crippen molar-refractivity contribution < 1.29 is 29.3 Å². The summed E-state index contributed by atoms with van der Waals surface area (Å²) in [5.41, 5.74) is 0.994. The summed E-state index contributed by atoms with van der Waals surface area (Å²) < 4.78 is 5.36. The summed E-state index contributed by atoms with van der Waals surface area (Å²) in [6.45, 7) is 10.5. The minimum absolute atomic E-state index is 0.0759. The van der Waals surface area contributed by atoms with Crippen LogP contribution in [-0.4, -0.2) is 57.8 Å². The SMILES string of the molecule is Cc1cc(C(C(=O)NC(C)C)N(C)C(=O)C(Cc2ccc(O)cc2)NC(=O)OC(C)(C)C)ccc1O. The fraction of sp³-hybridized carbons (Fsp3) is 0.444. The molecule has 196 valence electrons. The number of phenolic OH excluding ortho intramolecular Hbond substituents is 2. The van der Waals surface area contributed by atoms with Gasteiger partial charge >= 0.3 is 6.09 Å². The van der Waals surface area contributed by atoms with Gasteiger partial charge in [-0.15, -0.1) is 0 Å². The zero-order valence-corrected chi connectivity index (χ0v) is 22.0. The van der Waals surface area contributed by atoms with E-state index in [9.17, 15) is 24.6 Å². The van der Waals surface area contributed by atoms with Crippen LogP contribution in [0.15, 0.2) is 42.5 Å². The van der Waals surface area contributed by atoms with Crippen LogP contribution in [0.3, 0.4) is 0 Å². The molecule has 0 spiro atoms. The van der Waals surface area contributed by atoms with E-state index in [-0.39, 0.29) is 24.0 Å². The van der Waals surface area contributed by atoms with Crippen molar-refractivity contribution in [3.63, 3.8) is 0 Å². The second-order valence-electron chi connectivity index (χ2n) is 10.1. The molecule has 0 radical (unpaired) electrons. The van der Waals surface area contributed by atoms with Gasteiger partial charge in [0.25, 0.3) is 0 Å². The first-order chi connectivity index (χ1) is 16.7. The molecule has 2 unspecified atom stereocenters. The maximum Gasteiger partial charge on any atom is 0.408 e. The van der Waals surface area contributed by atoms with E-state index in [2.05, 4.69) is 10.6 Å². The summed E-state index contributed by atoms with van der Waals surface area (Å²) in [7, 11) is 1.50. The molecule has 0 heterocycles. The molecular formula is C27H37N3O6. The molecular weight excluding hydrogens is 462 g/mol. The van der Waals surface area contributed by atoms with Crippen molar-refractivity contribution >= 4 is 17.9 Å². The number of aromatic hydroxyl groups is 2. The van der Waals surface area contributed by atoms with Crippen LogP contribution in [0.4, 0.5) is 4.79 Å². The highest BCUT2D eigenvalue weighted by Gasteiger charge is 2.34. The van der Waals surface area contributed by atoms with Crippen LogP contribution in [0.25, 0.3) is 0 Å². The van der Waals surface area contributed by atoms with Crippen molar-refractivity contribution in [3.05, 3.63) is 59.2 Å². The Labute approximate surface area is 212 Å². The highest BCUT2D eigenvalue weighted by molar-refractivity contribution is 5.92. The molecule has 3 amide bonds. The molecule has 0 fully saturated rings. The second kappa shape index (κ2) is 11.8. The monoisotopic (exact) mass is 499 g/mol. The zero-order valence-electron chi connectivity index (χ0n) is 22.0. The van der Waals surface area contributed by atoms with Crippen LogP contribution in [0, 0.1) is 6.92 Å². The number of hydrogen-bond donors (Lipinski definition) is 4. The van der Waals surface area contributed by atoms with E-state index in [0.29, 0.717) is 16.7 Å². The molecule has 0 aliphatic rings. The summed E-state index contributed by atoms with van der Waals surface area (Å²) in [5.74, 6) is -0.755. The fourth-order valence-corrected chi connectivity index (χ4v) is 3.65. The average Bonchev–Trinajstić information content (AvgIpc) is 2.75. The van der Waals surface area contributed by atoms with E-state index in [1.165, 1.54) is 30.1 Å². The second-order valence-corrected chi connectivity index (χ2v) is 10.1. The summed E-state index contributed by atoms with van der Waals surface area (Å²) >= 11 is 0. The summed E-state index contributed by atoms with van der Waals surface area (Å²) in [6, 6.07) is 8.77. The first kappa shape index (κ1) is 28.5. The van der Waals surface area contributed by atoms with Crippen LogP contribution < -0.4 is 10.6 Å². The number of aryl methyl sites for hydroxylation is 1. The van der Waals surface area contributed by atoms with Crippen molar-refractivity contribution in [1.82, 2.24) is 15.5 Å². The number of carbonyl (C=O) groups is 3. The number of amides is 3. The lowest BCUT2D eigenvalue weighted by molar-refractivity contribution is -0.141. The number of likely N-dealkylation sites (N-methyl/N-ethyl adjacent to an activating group) is 1. The number of phenols is 2. The van der Waals surface area contributed by atoms with Crippen molar-refractivity contribution in [2.24, 2.45) is 0 Å². The molecule has 2 rings (SSSR count). The van der Waals surface area contributed by atoms with Gasteiger partial charge in [-0.05, 0) is 82.5 Å². The van der Waals surface area contributed by atoms with Crippen LogP contribution in [0.1, 0.15) is 57.4 Å². The van der Waals surface area contributed by atoms with Gasteiger partial charge in [-0.3, -0.25) is 9.59 Å². The molecule has 2 aromatic rings. The first-order valence-electron chi connectivity index (χ1n) is 11.8. The zero-order chi connectivity index (χ0) is 27.2. The Balaban J connectivity index is 2.43. The minimum Gasteiger partial charge on any atom is -0.508 e. The Morgan fingerprint density at radius 1 is 1.00 bits per heavy atom. The number of ether oxygens (including phenoxy) is 1. The van der Waals surface area contributed by atoms with Gasteiger partial charge in [-0.25, -0.2) is 4.79 Å². The molecule has 36 heavy (non-hydrogen) atoms. The minimum atomic E-state index is -1.05. The van der Waals surface area contributed by atoms with Crippen molar-refractivity contribution in [1.29, 1.82) is 0 Å². The van der Waals surface area contributed by atoms with E-state index < -0.39 is 35.6 Å². The molecule has 0 aromatic heterocycles. The number of nitrogens with zero attached hydrogens (tertiary/aromatic N) is 1. The fourth-order valence-electron chi connectivity index (χ4n) is 3.65. The van der Waals surface area contributed by atoms with Crippen molar-refractivity contribution in [2.75, 3.05) is 7.05 Å². The topological polar surface area (TPSA) is 128 Å². The van der Waals surface area contributed by atoms with Crippen molar-refractivity contribution in [3.8, 4) is 11.5 Å². The van der Waals surface area contributed by atoms with Gasteiger partial charge < -0.3 is 30.5 Å². The lowest BCUT2D eigenvalue weighted by Gasteiger charge is -2.32. The van der Waals surface area contributed by atoms with Gasteiger partial charge in [-0.2, -0.15) is 0 Å². The van der Waals surface area contributed by atoms with Crippen LogP contribution in [-0.2, 0) is 20.7 Å². The molecule has 0 saturated heterocycles. The van der Waals surface area contributed by atoms with E-state index in [1.54, 1.807) is 52.0 Å². The third-order valence-electron chi connectivity index (χ3n) is 5.32. The highest BCUT2D eigenvalue weighted by Crippen LogP contribution is 2.26. The molecule has 0 saturated carbocycles. The van der Waals surface area contributed by atoms with Gasteiger partial charge in [0.05, 0.1) is 0 Å². The average molecular weight is 500 g/mol. The maximum atomic E-state index is 13.7. The summed E-state index contributed by atoms with van der Waals surface area (Å²) in [6.07, 6.45) is -0.660. The Morgan fingerprint density at radius 3 is 2.14 bits per heavy atom. The predicted molar refractivity (Wildman–Crippen MR) is 137 cm³/mol. The normalized spacial score (nSPS) is 13.0. The standard InChI is InChI=1S/C27H37N3O6/c1-16(2)28-24(33)23(19-10-13-22(32)17(3)14-19)30(7)25(34)21(29-26(35)36-27(4,5)6)15-18-8-11-20(31)12-9-18/h8-14,16,21,23,31-32H,15H2,1-7H3,(H,28,33)(H,29,35). The summed E-state index contributed by atoms with van der Waals surface area (Å²) in [5, 5.41) is 25.0. The molecule has 2 aromatic carbocycles. The third kappa shape index (κ3) is 8.18. The van der Waals surface area contributed by atoms with Crippen LogP contribution in [0.5, 0.6) is 11.5 Å². The van der Waals surface area contributed by atoms with Gasteiger partial charge in [0.15, 0.2) is 0 Å². The highest BCUT2D eigenvalue weighted by atomic mass is 16.6. The molecule has 0 aliphatic heterocycles. The number of benzene rings is 2. The number of alkyl carbamates (subject to hydrolysis) is 1. The van der Waals surface area contributed by atoms with E-state index >= 15 is 0 Å². The number of rotatable bonds is 8. The molecule has 9 heteroatoms. The smallest absolute Gasteiger partial charge is 0.408 e. The van der Waals surface area contributed by atoms with Gasteiger partial charge in [-0.1, -0.05) is 18.2 Å². The quantitative estimate of drug-likeness (QED) is 0.440. The molecule has 2 atom stereocenters. The molecule has 0 bridgehead atoms. The number of carbonyl (C=O) groups excluding carboxylic acids is 3. The van der Waals surface area contributed by atoms with E-state index in [4.69, 9.17) is 4.74 Å². The van der Waals surface area contributed by atoms with Gasteiger partial charge in [0, 0.05) is 19.5 Å². The first-order valence-corrected chi connectivity index (χ1v) is 11.8. The molecule has 4 N–H and O–H groups in total.